The summed E-state index contributed by atoms with van der Waals surface area (Å²) in [5.74, 6) is 0.479. The fourth-order valence-corrected chi connectivity index (χ4v) is 1.69. The first-order valence-corrected chi connectivity index (χ1v) is 6.30. The molecule has 0 bridgehead atoms. The lowest BCUT2D eigenvalue weighted by molar-refractivity contribution is 0.155. The number of nitrogens with one attached hydrogen (secondary N) is 1. The molecule has 1 radical (unpaired) electrons. The predicted molar refractivity (Wildman–Crippen MR) is 77.1 cm³/mol. The molecule has 20 heavy (non-hydrogen) atoms. The first-order chi connectivity index (χ1) is 9.69. The number of rotatable bonds is 4. The van der Waals surface area contributed by atoms with Crippen LogP contribution < -0.4 is 10.1 Å². The van der Waals surface area contributed by atoms with E-state index in [-0.39, 0.29) is 6.61 Å². The first kappa shape index (κ1) is 14.2. The number of anilines is 1. The van der Waals surface area contributed by atoms with Gasteiger partial charge in [0, 0.05) is 12.1 Å². The van der Waals surface area contributed by atoms with Gasteiger partial charge in [-0.3, -0.25) is 5.32 Å². The number of carbonyl (C=O) groups excluding carboxylic acids is 1. The Balaban J connectivity index is 1.94. The second kappa shape index (κ2) is 6.82. The molecule has 2 rings (SSSR count). The number of amides is 1. The van der Waals surface area contributed by atoms with Crippen molar-refractivity contribution in [3.8, 4) is 5.75 Å². The molecular weight excluding hydrogens is 278 g/mol. The molecule has 2 aromatic rings. The third kappa shape index (κ3) is 3.90. The highest BCUT2D eigenvalue weighted by Crippen LogP contribution is 2.26. The molecule has 0 saturated heterocycles. The third-order valence-corrected chi connectivity index (χ3v) is 2.86. The smallest absolute Gasteiger partial charge is 0.412 e. The van der Waals surface area contributed by atoms with Crippen molar-refractivity contribution >= 4 is 23.4 Å². The van der Waals surface area contributed by atoms with Crippen LogP contribution in [0.2, 0.25) is 5.02 Å². The zero-order valence-corrected chi connectivity index (χ0v) is 11.6. The van der Waals surface area contributed by atoms with Gasteiger partial charge in [-0.25, -0.2) is 4.79 Å². The lowest BCUT2D eigenvalue weighted by Crippen LogP contribution is -2.13. The van der Waals surface area contributed by atoms with Crippen LogP contribution in [0.25, 0.3) is 0 Å². The topological polar surface area (TPSA) is 47.6 Å². The summed E-state index contributed by atoms with van der Waals surface area (Å²) in [6, 6.07) is 15.3. The van der Waals surface area contributed by atoms with Gasteiger partial charge in [0.2, 0.25) is 0 Å². The number of methoxy groups -OCH3 is 1. The minimum Gasteiger partial charge on any atom is -0.496 e. The highest BCUT2D eigenvalue weighted by molar-refractivity contribution is 6.33. The van der Waals surface area contributed by atoms with Crippen molar-refractivity contribution in [1.29, 1.82) is 0 Å². The van der Waals surface area contributed by atoms with Gasteiger partial charge in [-0.2, -0.15) is 0 Å². The molecule has 0 unspecified atom stereocenters. The molecule has 0 atom stereocenters. The zero-order chi connectivity index (χ0) is 14.4. The van der Waals surface area contributed by atoms with E-state index in [0.29, 0.717) is 16.5 Å². The van der Waals surface area contributed by atoms with E-state index in [9.17, 15) is 4.79 Å². The Bertz CT molecular complexity index is 587. The van der Waals surface area contributed by atoms with E-state index < -0.39 is 6.09 Å². The molecule has 0 spiro atoms. The third-order valence-electron chi connectivity index (χ3n) is 2.54. The van der Waals surface area contributed by atoms with E-state index in [1.807, 2.05) is 30.3 Å². The lowest BCUT2D eigenvalue weighted by Gasteiger charge is -2.09. The molecule has 5 heteroatoms. The molecule has 1 N–H and O–H groups in total. The quantitative estimate of drug-likeness (QED) is 0.929. The minimum atomic E-state index is -0.580. The van der Waals surface area contributed by atoms with Gasteiger partial charge < -0.3 is 9.47 Å². The van der Waals surface area contributed by atoms with E-state index >= 15 is 0 Å². The molecule has 0 fully saturated rings. The van der Waals surface area contributed by atoms with E-state index in [2.05, 4.69) is 11.4 Å². The molecule has 103 valence electrons. The van der Waals surface area contributed by atoms with Crippen LogP contribution in [0.1, 0.15) is 5.56 Å². The summed E-state index contributed by atoms with van der Waals surface area (Å²) in [4.78, 5) is 11.7. The molecule has 4 nitrogen and oxygen atoms in total. The number of halogens is 1. The van der Waals surface area contributed by atoms with E-state index in [0.717, 1.165) is 5.56 Å². The Morgan fingerprint density at radius 3 is 2.80 bits per heavy atom. The normalized spacial score (nSPS) is 9.90. The molecule has 0 aliphatic heterocycles. The van der Waals surface area contributed by atoms with Gasteiger partial charge in [0.05, 0.1) is 17.8 Å². The second-order valence-corrected chi connectivity index (χ2v) is 4.36. The number of hydrogen-bond acceptors (Lipinski definition) is 3. The van der Waals surface area contributed by atoms with Crippen LogP contribution in [-0.4, -0.2) is 13.2 Å². The maximum Gasteiger partial charge on any atom is 0.412 e. The maximum absolute atomic E-state index is 11.7. The summed E-state index contributed by atoms with van der Waals surface area (Å²) >= 11 is 5.96. The number of hydrogen-bond donors (Lipinski definition) is 1. The highest BCUT2D eigenvalue weighted by Gasteiger charge is 2.08. The monoisotopic (exact) mass is 290 g/mol. The van der Waals surface area contributed by atoms with Gasteiger partial charge in [0.25, 0.3) is 0 Å². The Labute approximate surface area is 122 Å². The summed E-state index contributed by atoms with van der Waals surface area (Å²) in [5.41, 5.74) is 1.33. The Morgan fingerprint density at radius 2 is 2.10 bits per heavy atom. The number of benzene rings is 2. The van der Waals surface area contributed by atoms with Crippen molar-refractivity contribution < 1.29 is 14.3 Å². The standard InChI is InChI=1S/C15H13ClNO3/c1-19-12-7-8-13(16)14(9-12)17-15(18)20-10-11-5-3-2-4-6-11/h2-6,8-9H,10H2,1H3,(H,17,18). The summed E-state index contributed by atoms with van der Waals surface area (Å²) in [5, 5.41) is 2.93. The van der Waals surface area contributed by atoms with E-state index in [4.69, 9.17) is 21.1 Å². The molecule has 2 aromatic carbocycles. The minimum absolute atomic E-state index is 0.195. The average molecular weight is 291 g/mol. The van der Waals surface area contributed by atoms with Crippen LogP contribution in [0.15, 0.2) is 42.5 Å². The van der Waals surface area contributed by atoms with Gasteiger partial charge in [-0.15, -0.1) is 0 Å². The molecule has 0 saturated carbocycles. The fourth-order valence-electron chi connectivity index (χ4n) is 1.54. The Hall–Kier alpha value is -2.20. The summed E-state index contributed by atoms with van der Waals surface area (Å²) < 4.78 is 10.1. The predicted octanol–water partition coefficient (Wildman–Crippen LogP) is 3.90. The van der Waals surface area contributed by atoms with Gasteiger partial charge in [-0.05, 0) is 11.6 Å². The van der Waals surface area contributed by atoms with Crippen LogP contribution in [0.3, 0.4) is 0 Å². The number of ether oxygens (including phenoxy) is 2. The van der Waals surface area contributed by atoms with Crippen molar-refractivity contribution in [2.24, 2.45) is 0 Å². The SMILES string of the molecule is COc1[c]cc(Cl)c(NC(=O)OCc2ccccc2)c1. The van der Waals surface area contributed by atoms with Crippen LogP contribution >= 0.6 is 11.6 Å². The van der Waals surface area contributed by atoms with Crippen molar-refractivity contribution in [2.45, 2.75) is 6.61 Å². The van der Waals surface area contributed by atoms with Gasteiger partial charge in [0.15, 0.2) is 0 Å². The number of carbonyl (C=O) groups is 1. The van der Waals surface area contributed by atoms with Crippen LogP contribution in [0.5, 0.6) is 5.75 Å². The van der Waals surface area contributed by atoms with Gasteiger partial charge >= 0.3 is 6.09 Å². The maximum atomic E-state index is 11.7. The lowest BCUT2D eigenvalue weighted by atomic mass is 10.2. The van der Waals surface area contributed by atoms with E-state index in [1.165, 1.54) is 13.2 Å². The zero-order valence-electron chi connectivity index (χ0n) is 10.9. The summed E-state index contributed by atoms with van der Waals surface area (Å²) in [6.07, 6.45) is -0.580. The molecular formula is C15H13ClNO3. The summed E-state index contributed by atoms with van der Waals surface area (Å²) in [6.45, 7) is 0.195. The fraction of sp³-hybridized carbons (Fsp3) is 0.133. The molecule has 0 aliphatic carbocycles. The van der Waals surface area contributed by atoms with Crippen LogP contribution in [0, 0.1) is 6.07 Å². The molecule has 0 heterocycles. The first-order valence-electron chi connectivity index (χ1n) is 5.92. The molecule has 0 aliphatic rings. The van der Waals surface area contributed by atoms with Crippen LogP contribution in [0.4, 0.5) is 10.5 Å². The molecule has 1 amide bonds. The highest BCUT2D eigenvalue weighted by atomic mass is 35.5. The van der Waals surface area contributed by atoms with Gasteiger partial charge in [-0.1, -0.05) is 41.9 Å². The van der Waals surface area contributed by atoms with Crippen LogP contribution in [-0.2, 0) is 11.3 Å². The average Bonchev–Trinajstić information content (AvgIpc) is 2.48. The van der Waals surface area contributed by atoms with Crippen molar-refractivity contribution in [1.82, 2.24) is 0 Å². The Morgan fingerprint density at radius 1 is 1.35 bits per heavy atom. The van der Waals surface area contributed by atoms with Crippen molar-refractivity contribution in [2.75, 3.05) is 12.4 Å². The van der Waals surface area contributed by atoms with Crippen molar-refractivity contribution in [3.05, 3.63) is 59.1 Å². The Kier molecular flexibility index (Phi) is 4.85. The second-order valence-electron chi connectivity index (χ2n) is 3.95. The van der Waals surface area contributed by atoms with E-state index in [1.54, 1.807) is 6.07 Å². The molecule has 0 aromatic heterocycles. The largest absolute Gasteiger partial charge is 0.496 e. The summed E-state index contributed by atoms with van der Waals surface area (Å²) in [7, 11) is 1.51. The van der Waals surface area contributed by atoms with Gasteiger partial charge in [0.1, 0.15) is 12.4 Å². The van der Waals surface area contributed by atoms with Crippen molar-refractivity contribution in [3.63, 3.8) is 0 Å².